The van der Waals surface area contributed by atoms with Gasteiger partial charge in [-0.2, -0.15) is 0 Å². The van der Waals surface area contributed by atoms with Gasteiger partial charge in [0, 0.05) is 0 Å². The summed E-state index contributed by atoms with van der Waals surface area (Å²) in [4.78, 5) is 2.51. The number of fused-ring (bicyclic) bond motifs is 1. The first-order valence-electron chi connectivity index (χ1n) is 12.8. The third kappa shape index (κ3) is 4.70. The molecule has 3 heterocycles. The molecule has 4 N–H and O–H groups in total. The minimum absolute atomic E-state index is 0.434. The van der Waals surface area contributed by atoms with Crippen LogP contribution in [-0.4, -0.2) is 45.5 Å². The Morgan fingerprint density at radius 2 is 1.54 bits per heavy atom. The predicted molar refractivity (Wildman–Crippen MR) is 154 cm³/mol. The fourth-order valence-electron chi connectivity index (χ4n) is 5.36. The van der Waals surface area contributed by atoms with E-state index in [0.717, 1.165) is 52.1 Å². The number of hydrogen-bond acceptors (Lipinski definition) is 4. The molecule has 0 saturated carbocycles. The predicted octanol–water partition coefficient (Wildman–Crippen LogP) is 3.87. The summed E-state index contributed by atoms with van der Waals surface area (Å²) in [7, 11) is 4.02. The van der Waals surface area contributed by atoms with E-state index in [4.69, 9.17) is 16.7 Å². The molecule has 6 rings (SSSR count). The van der Waals surface area contributed by atoms with Gasteiger partial charge >= 0.3 is 212 Å². The van der Waals surface area contributed by atoms with Crippen molar-refractivity contribution in [1.82, 2.24) is 19.4 Å². The van der Waals surface area contributed by atoms with Crippen molar-refractivity contribution in [3.05, 3.63) is 102 Å². The number of hydrogen-bond donors (Lipinski definition) is 2. The molecule has 0 atom stereocenters. The number of likely N-dealkylation sites (tertiary alicyclic amines) is 1. The first-order valence-corrected chi connectivity index (χ1v) is 12.8. The summed E-state index contributed by atoms with van der Waals surface area (Å²) >= 11 is 0. The van der Waals surface area contributed by atoms with Gasteiger partial charge in [-0.1, -0.05) is 6.07 Å². The van der Waals surface area contributed by atoms with Crippen LogP contribution in [0.1, 0.15) is 29.7 Å². The van der Waals surface area contributed by atoms with Gasteiger partial charge in [0.1, 0.15) is 0 Å². The molecule has 37 heavy (non-hydrogen) atoms. The minimum atomic E-state index is 0.434. The summed E-state index contributed by atoms with van der Waals surface area (Å²) in [6, 6.07) is 27.4. The monoisotopic (exact) mass is 486 g/mol. The van der Waals surface area contributed by atoms with Crippen LogP contribution in [0.3, 0.4) is 0 Å². The Kier molecular flexibility index (Phi) is 6.14. The zero-order chi connectivity index (χ0) is 25.4. The normalized spacial score (nSPS) is 13.9. The van der Waals surface area contributed by atoms with E-state index < -0.39 is 0 Å². The Balaban J connectivity index is 1.32. The molecule has 0 radical (unpaired) electrons. The average Bonchev–Trinajstić information content (AvgIpc) is 3.63. The van der Waals surface area contributed by atoms with E-state index >= 15 is 0 Å². The van der Waals surface area contributed by atoms with Crippen LogP contribution in [0.15, 0.2) is 85.1 Å². The Hall–Kier alpha value is -4.10. The molecule has 0 aliphatic carbocycles. The van der Waals surface area contributed by atoms with Crippen molar-refractivity contribution >= 4 is 24.0 Å². The van der Waals surface area contributed by atoms with Crippen molar-refractivity contribution < 1.29 is 0 Å². The molecule has 1 aliphatic rings. The van der Waals surface area contributed by atoms with E-state index in [-0.39, 0.29) is 0 Å². The van der Waals surface area contributed by atoms with Gasteiger partial charge in [0.15, 0.2) is 0 Å². The molecule has 1 aliphatic heterocycles. The molecule has 1 saturated heterocycles. The average molecular weight is 486 g/mol. The van der Waals surface area contributed by atoms with Crippen LogP contribution < -0.4 is 11.6 Å². The number of nitrogens with two attached hydrogens (primary N) is 2. The van der Waals surface area contributed by atoms with Crippen LogP contribution in [0.25, 0.3) is 33.3 Å². The van der Waals surface area contributed by atoms with Crippen LogP contribution in [0.2, 0.25) is 0 Å². The molecule has 5 aromatic rings. The number of nitrogen functional groups attached to an aromatic ring is 1. The molecular weight excluding hydrogens is 455 g/mol. The Bertz CT molecular complexity index is 1560. The van der Waals surface area contributed by atoms with Crippen LogP contribution >= 0.6 is 0 Å². The maximum atomic E-state index is 6.60. The Morgan fingerprint density at radius 1 is 0.838 bits per heavy atom. The van der Waals surface area contributed by atoms with E-state index in [1.807, 2.05) is 22.9 Å². The third-order valence-electron chi connectivity index (χ3n) is 7.25. The van der Waals surface area contributed by atoms with Gasteiger partial charge in [-0.25, -0.2) is 0 Å². The molecule has 0 amide bonds. The standard InChI is InChI=1S/C30H31BN6/c31-30(32)29-26(17-28(37(29)33)23-10-8-22(9-11-23)18-35-14-4-5-15-35)24-12-13-25-20-36(34-27(25)16-24)19-21-6-2-1-3-7-21/h1-3,6-13,16-17,20,31H,4-5,14-15,18-19,32-33H2. The van der Waals surface area contributed by atoms with Gasteiger partial charge in [0.2, 0.25) is 0 Å². The number of aromatic nitrogens is 3. The zero-order valence-electron chi connectivity index (χ0n) is 21.0. The van der Waals surface area contributed by atoms with Crippen molar-refractivity contribution in [3.8, 4) is 22.4 Å². The number of rotatable bonds is 7. The zero-order valence-corrected chi connectivity index (χ0v) is 21.0. The summed E-state index contributed by atoms with van der Waals surface area (Å²) in [6.45, 7) is 4.10. The molecule has 2 aromatic heterocycles. The van der Waals surface area contributed by atoms with Crippen molar-refractivity contribution in [2.24, 2.45) is 5.73 Å². The van der Waals surface area contributed by atoms with Gasteiger partial charge in [-0.3, -0.25) is 0 Å². The topological polar surface area (TPSA) is 78.0 Å². The van der Waals surface area contributed by atoms with Gasteiger partial charge < -0.3 is 0 Å². The number of nitrogens with zero attached hydrogens (tertiary/aromatic N) is 4. The Labute approximate surface area is 218 Å². The molecule has 7 heteroatoms. The van der Waals surface area contributed by atoms with Gasteiger partial charge in [-0.15, -0.1) is 0 Å². The van der Waals surface area contributed by atoms with E-state index in [9.17, 15) is 0 Å². The molecule has 6 nitrogen and oxygen atoms in total. The molecule has 0 bridgehead atoms. The molecule has 0 unspecified atom stereocenters. The second-order valence-corrected chi connectivity index (χ2v) is 9.95. The quantitative estimate of drug-likeness (QED) is 0.271. The van der Waals surface area contributed by atoms with E-state index in [2.05, 4.69) is 79.2 Å². The van der Waals surface area contributed by atoms with Crippen molar-refractivity contribution in [3.63, 3.8) is 0 Å². The summed E-state index contributed by atoms with van der Waals surface area (Å²) in [5, 5.41) is 5.92. The molecule has 1 fully saturated rings. The van der Waals surface area contributed by atoms with Crippen LogP contribution in [0.4, 0.5) is 0 Å². The van der Waals surface area contributed by atoms with Crippen LogP contribution in [-0.2, 0) is 13.1 Å². The van der Waals surface area contributed by atoms with E-state index in [1.165, 1.54) is 37.1 Å². The summed E-state index contributed by atoms with van der Waals surface area (Å²) in [5.74, 6) is 6.60. The molecular formula is C30H31BN6. The maximum absolute atomic E-state index is 6.60. The first-order chi connectivity index (χ1) is 18.0. The van der Waals surface area contributed by atoms with E-state index in [0.29, 0.717) is 5.59 Å². The second-order valence-electron chi connectivity index (χ2n) is 9.95. The molecule has 0 spiro atoms. The van der Waals surface area contributed by atoms with Crippen molar-refractivity contribution in [2.75, 3.05) is 18.9 Å². The molecule has 184 valence electrons. The fourth-order valence-corrected chi connectivity index (χ4v) is 5.36. The Morgan fingerprint density at radius 3 is 2.27 bits per heavy atom. The van der Waals surface area contributed by atoms with Crippen LogP contribution in [0.5, 0.6) is 0 Å². The SMILES string of the molecule is B=C(N)c1c(-c2ccc3cn(Cc4ccccc4)nc3c2)cc(-c2ccc(CN3CCCC3)cc2)n1N. The van der Waals surface area contributed by atoms with Crippen LogP contribution in [0, 0.1) is 0 Å². The van der Waals surface area contributed by atoms with Gasteiger partial charge in [-0.05, 0) is 0 Å². The van der Waals surface area contributed by atoms with E-state index in [1.54, 1.807) is 4.68 Å². The number of benzene rings is 3. The van der Waals surface area contributed by atoms with Gasteiger partial charge in [0.05, 0.1) is 0 Å². The molecule has 3 aromatic carbocycles. The summed E-state index contributed by atoms with van der Waals surface area (Å²) in [6.07, 6.45) is 4.68. The first kappa shape index (κ1) is 23.3. The second kappa shape index (κ2) is 9.75. The summed E-state index contributed by atoms with van der Waals surface area (Å²) in [5.41, 5.74) is 14.8. The fraction of sp³-hybridized carbons (Fsp3) is 0.200. The van der Waals surface area contributed by atoms with Crippen molar-refractivity contribution in [2.45, 2.75) is 25.9 Å². The van der Waals surface area contributed by atoms with Gasteiger partial charge in [0.25, 0.3) is 0 Å². The van der Waals surface area contributed by atoms with Crippen molar-refractivity contribution in [1.29, 1.82) is 0 Å². The summed E-state index contributed by atoms with van der Waals surface area (Å²) < 4.78 is 3.64. The third-order valence-corrected chi connectivity index (χ3v) is 7.25.